The van der Waals surface area contributed by atoms with Crippen LogP contribution in [-0.2, 0) is 11.3 Å². The van der Waals surface area contributed by atoms with E-state index in [0.29, 0.717) is 18.1 Å². The van der Waals surface area contributed by atoms with Crippen molar-refractivity contribution < 1.29 is 4.79 Å². The molecule has 5 rings (SSSR count). The van der Waals surface area contributed by atoms with Gasteiger partial charge in [0.2, 0.25) is 5.91 Å². The van der Waals surface area contributed by atoms with Crippen molar-refractivity contribution in [3.05, 3.63) is 70.4 Å². The SMILES string of the molecule is Cc1ccc(CNC(=O)[C@@H]2CCCN(c3nc4c(s3)c(C)nn4-c3cccc(Cl)c3)C2)cc1. The largest absolute Gasteiger partial charge is 0.352 e. The lowest BCUT2D eigenvalue weighted by molar-refractivity contribution is -0.125. The molecule has 8 heteroatoms. The Bertz CT molecular complexity index is 1300. The number of carbonyl (C=O) groups excluding carboxylic acids is 1. The zero-order valence-corrected chi connectivity index (χ0v) is 20.3. The van der Waals surface area contributed by atoms with Crippen LogP contribution in [0.4, 0.5) is 5.13 Å². The molecule has 0 radical (unpaired) electrons. The summed E-state index contributed by atoms with van der Waals surface area (Å²) in [6.45, 7) is 6.21. The molecule has 3 heterocycles. The highest BCUT2D eigenvalue weighted by atomic mass is 35.5. The number of carbonyl (C=O) groups is 1. The van der Waals surface area contributed by atoms with Crippen molar-refractivity contribution in [1.82, 2.24) is 20.1 Å². The third-order valence-electron chi connectivity index (χ3n) is 6.08. The lowest BCUT2D eigenvalue weighted by atomic mass is 9.97. The zero-order valence-electron chi connectivity index (χ0n) is 18.7. The molecule has 1 fully saturated rings. The number of hydrogen-bond acceptors (Lipinski definition) is 5. The Morgan fingerprint density at radius 1 is 1.21 bits per heavy atom. The number of rotatable bonds is 5. The molecule has 1 N–H and O–H groups in total. The number of thiazole rings is 1. The van der Waals surface area contributed by atoms with Crippen molar-refractivity contribution in [1.29, 1.82) is 0 Å². The molecule has 0 bridgehead atoms. The number of fused-ring (bicyclic) bond motifs is 1. The molecule has 2 aromatic carbocycles. The predicted octanol–water partition coefficient (Wildman–Crippen LogP) is 5.29. The minimum absolute atomic E-state index is 0.0401. The molecule has 33 heavy (non-hydrogen) atoms. The van der Waals surface area contributed by atoms with Gasteiger partial charge in [-0.1, -0.05) is 58.8 Å². The van der Waals surface area contributed by atoms with Crippen LogP contribution in [0.5, 0.6) is 0 Å². The Labute approximate surface area is 202 Å². The van der Waals surface area contributed by atoms with Gasteiger partial charge in [-0.3, -0.25) is 4.79 Å². The summed E-state index contributed by atoms with van der Waals surface area (Å²) in [5.41, 5.74) is 5.01. The molecular formula is C25H26ClN5OS. The fourth-order valence-electron chi connectivity index (χ4n) is 4.25. The first-order chi connectivity index (χ1) is 16.0. The summed E-state index contributed by atoms with van der Waals surface area (Å²) in [7, 11) is 0. The fourth-order valence-corrected chi connectivity index (χ4v) is 5.46. The lowest BCUT2D eigenvalue weighted by Crippen LogP contribution is -2.43. The number of halogens is 1. The minimum atomic E-state index is -0.0401. The van der Waals surface area contributed by atoms with Crippen LogP contribution in [0.15, 0.2) is 48.5 Å². The summed E-state index contributed by atoms with van der Waals surface area (Å²) >= 11 is 7.83. The van der Waals surface area contributed by atoms with E-state index in [9.17, 15) is 4.79 Å². The molecule has 0 unspecified atom stereocenters. The van der Waals surface area contributed by atoms with Crippen LogP contribution in [-0.4, -0.2) is 33.8 Å². The fraction of sp³-hybridized carbons (Fsp3) is 0.320. The van der Waals surface area contributed by atoms with Crippen LogP contribution in [0, 0.1) is 19.8 Å². The molecule has 1 atom stereocenters. The van der Waals surface area contributed by atoms with Gasteiger partial charge in [0.05, 0.1) is 22.0 Å². The van der Waals surface area contributed by atoms with Gasteiger partial charge in [-0.15, -0.1) is 0 Å². The molecule has 1 aliphatic heterocycles. The van der Waals surface area contributed by atoms with Crippen LogP contribution in [0.2, 0.25) is 5.02 Å². The first-order valence-corrected chi connectivity index (χ1v) is 12.4. The number of benzene rings is 2. The van der Waals surface area contributed by atoms with Gasteiger partial charge in [0, 0.05) is 24.7 Å². The molecule has 1 aliphatic rings. The van der Waals surface area contributed by atoms with Crippen LogP contribution < -0.4 is 10.2 Å². The first-order valence-electron chi connectivity index (χ1n) is 11.2. The Kier molecular flexibility index (Phi) is 6.08. The molecule has 1 amide bonds. The third kappa shape index (κ3) is 4.61. The maximum Gasteiger partial charge on any atom is 0.225 e. The Morgan fingerprint density at radius 3 is 2.82 bits per heavy atom. The van der Waals surface area contributed by atoms with Crippen molar-refractivity contribution in [2.45, 2.75) is 33.2 Å². The topological polar surface area (TPSA) is 63.1 Å². The van der Waals surface area contributed by atoms with Gasteiger partial charge in [-0.25, -0.2) is 4.68 Å². The Hall–Kier alpha value is -2.90. The van der Waals surface area contributed by atoms with E-state index in [-0.39, 0.29) is 11.8 Å². The average molecular weight is 480 g/mol. The van der Waals surface area contributed by atoms with Gasteiger partial charge >= 0.3 is 0 Å². The minimum Gasteiger partial charge on any atom is -0.352 e. The maximum atomic E-state index is 12.9. The van der Waals surface area contributed by atoms with E-state index in [0.717, 1.165) is 51.8 Å². The smallest absolute Gasteiger partial charge is 0.225 e. The van der Waals surface area contributed by atoms with E-state index in [1.165, 1.54) is 5.56 Å². The van der Waals surface area contributed by atoms with Gasteiger partial charge in [0.1, 0.15) is 0 Å². The summed E-state index contributed by atoms with van der Waals surface area (Å²) in [6.07, 6.45) is 1.87. The molecule has 4 aromatic rings. The molecular weight excluding hydrogens is 454 g/mol. The van der Waals surface area contributed by atoms with Crippen molar-refractivity contribution in [3.8, 4) is 5.69 Å². The molecule has 6 nitrogen and oxygen atoms in total. The summed E-state index contributed by atoms with van der Waals surface area (Å²) in [6, 6.07) is 15.9. The van der Waals surface area contributed by atoms with Gasteiger partial charge in [0.15, 0.2) is 10.8 Å². The maximum absolute atomic E-state index is 12.9. The second-order valence-electron chi connectivity index (χ2n) is 8.61. The van der Waals surface area contributed by atoms with E-state index in [1.807, 2.05) is 35.9 Å². The van der Waals surface area contributed by atoms with E-state index in [2.05, 4.69) is 46.5 Å². The van der Waals surface area contributed by atoms with Crippen LogP contribution >= 0.6 is 22.9 Å². The van der Waals surface area contributed by atoms with Crippen molar-refractivity contribution in [2.75, 3.05) is 18.0 Å². The number of aromatic nitrogens is 3. The number of aryl methyl sites for hydroxylation is 2. The summed E-state index contributed by atoms with van der Waals surface area (Å²) in [5, 5.41) is 9.40. The number of nitrogens with one attached hydrogen (secondary N) is 1. The van der Waals surface area contributed by atoms with Gasteiger partial charge < -0.3 is 10.2 Å². The van der Waals surface area contributed by atoms with E-state index in [1.54, 1.807) is 11.3 Å². The van der Waals surface area contributed by atoms with Gasteiger partial charge in [0.25, 0.3) is 0 Å². The van der Waals surface area contributed by atoms with Crippen molar-refractivity contribution >= 4 is 44.3 Å². The van der Waals surface area contributed by atoms with Crippen LogP contribution in [0.1, 0.15) is 29.7 Å². The lowest BCUT2D eigenvalue weighted by Gasteiger charge is -2.31. The van der Waals surface area contributed by atoms with E-state index >= 15 is 0 Å². The Morgan fingerprint density at radius 2 is 2.03 bits per heavy atom. The summed E-state index contributed by atoms with van der Waals surface area (Å²) < 4.78 is 2.92. The second-order valence-corrected chi connectivity index (χ2v) is 10.0. The highest BCUT2D eigenvalue weighted by Crippen LogP contribution is 2.34. The molecule has 1 saturated heterocycles. The molecule has 2 aromatic heterocycles. The van der Waals surface area contributed by atoms with Gasteiger partial charge in [-0.2, -0.15) is 10.1 Å². The highest BCUT2D eigenvalue weighted by molar-refractivity contribution is 7.22. The molecule has 0 saturated carbocycles. The molecule has 0 aliphatic carbocycles. The number of nitrogens with zero attached hydrogens (tertiary/aromatic N) is 4. The number of amides is 1. The predicted molar refractivity (Wildman–Crippen MR) is 134 cm³/mol. The van der Waals surface area contributed by atoms with Crippen molar-refractivity contribution in [2.24, 2.45) is 5.92 Å². The van der Waals surface area contributed by atoms with E-state index in [4.69, 9.17) is 16.6 Å². The van der Waals surface area contributed by atoms with Crippen molar-refractivity contribution in [3.63, 3.8) is 0 Å². The van der Waals surface area contributed by atoms with Gasteiger partial charge in [-0.05, 0) is 50.5 Å². The third-order valence-corrected chi connectivity index (χ3v) is 7.53. The quantitative estimate of drug-likeness (QED) is 0.422. The van der Waals surface area contributed by atoms with Crippen LogP contribution in [0.25, 0.3) is 16.0 Å². The van der Waals surface area contributed by atoms with Crippen LogP contribution in [0.3, 0.4) is 0 Å². The monoisotopic (exact) mass is 479 g/mol. The normalized spacial score (nSPS) is 16.3. The highest BCUT2D eigenvalue weighted by Gasteiger charge is 2.28. The summed E-state index contributed by atoms with van der Waals surface area (Å²) in [4.78, 5) is 20.1. The number of hydrogen-bond donors (Lipinski definition) is 1. The summed E-state index contributed by atoms with van der Waals surface area (Å²) in [5.74, 6) is 0.0735. The number of anilines is 1. The molecule has 170 valence electrons. The Balaban J connectivity index is 1.32. The zero-order chi connectivity index (χ0) is 22.9. The molecule has 0 spiro atoms. The van der Waals surface area contributed by atoms with E-state index < -0.39 is 0 Å². The average Bonchev–Trinajstić information content (AvgIpc) is 3.39. The standard InChI is InChI=1S/C25H26ClN5OS/c1-16-8-10-18(11-9-16)14-27-24(32)19-5-4-12-30(15-19)25-28-23-22(33-25)17(2)29-31(23)21-7-3-6-20(26)13-21/h3,6-11,13,19H,4-5,12,14-15H2,1-2H3,(H,27,32)/t19-/m1/s1. The number of piperidine rings is 1. The first kappa shape index (κ1) is 21.9. The second kappa shape index (κ2) is 9.15.